The van der Waals surface area contributed by atoms with Gasteiger partial charge in [0.1, 0.15) is 5.58 Å². The number of rotatable bonds is 7. The Kier molecular flexibility index (Phi) is 12.1. The molecule has 267 valence electrons. The van der Waals surface area contributed by atoms with E-state index in [0.717, 1.165) is 50.4 Å². The molecule has 0 saturated heterocycles. The summed E-state index contributed by atoms with van der Waals surface area (Å²) < 4.78 is 6.17. The minimum atomic E-state index is -1.36. The Hall–Kier alpha value is -4.15. The van der Waals surface area contributed by atoms with Gasteiger partial charge in [0.05, 0.1) is 13.7 Å². The van der Waals surface area contributed by atoms with Gasteiger partial charge in [0.25, 0.3) is 0 Å². The molecule has 52 heavy (non-hydrogen) atoms. The van der Waals surface area contributed by atoms with Crippen LogP contribution in [0.1, 0.15) is 63.0 Å². The summed E-state index contributed by atoms with van der Waals surface area (Å²) in [5.41, 5.74) is 10.9. The van der Waals surface area contributed by atoms with E-state index >= 15 is 0 Å². The maximum atomic E-state index is 6.17. The van der Waals surface area contributed by atoms with Gasteiger partial charge >= 0.3 is 0 Å². The molecule has 0 atom stereocenters. The van der Waals surface area contributed by atoms with Crippen LogP contribution in [-0.4, -0.2) is 18.0 Å². The van der Waals surface area contributed by atoms with Gasteiger partial charge < -0.3 is 14.4 Å². The van der Waals surface area contributed by atoms with E-state index in [9.17, 15) is 0 Å². The maximum absolute atomic E-state index is 6.17. The van der Waals surface area contributed by atoms with Crippen LogP contribution >= 0.6 is 0 Å². The first-order chi connectivity index (χ1) is 24.7. The summed E-state index contributed by atoms with van der Waals surface area (Å²) in [6.07, 6.45) is 12.3. The van der Waals surface area contributed by atoms with E-state index in [-0.39, 0.29) is 20.1 Å². The summed E-state index contributed by atoms with van der Waals surface area (Å²) >= 11 is 0. The molecular weight excluding hydrogens is 829 g/mol. The third-order valence-corrected chi connectivity index (χ3v) is 12.3. The molecular formula is C47H48IrN2OSi-2. The van der Waals surface area contributed by atoms with E-state index in [2.05, 4.69) is 130 Å². The number of hydrogen-bond donors (Lipinski definition) is 0. The quantitative estimate of drug-likeness (QED) is 0.118. The molecule has 0 aliphatic heterocycles. The van der Waals surface area contributed by atoms with Gasteiger partial charge in [0, 0.05) is 32.5 Å². The second kappa shape index (κ2) is 16.7. The minimum Gasteiger partial charge on any atom is -0.477 e. The Morgan fingerprint density at radius 1 is 0.788 bits per heavy atom. The second-order valence-electron chi connectivity index (χ2n) is 15.4. The van der Waals surface area contributed by atoms with Crippen LogP contribution in [0.15, 0.2) is 120 Å². The van der Waals surface area contributed by atoms with E-state index in [1.54, 1.807) is 10.8 Å². The van der Waals surface area contributed by atoms with E-state index in [1.165, 1.54) is 55.2 Å². The minimum absolute atomic E-state index is 0. The Morgan fingerprint density at radius 2 is 1.56 bits per heavy atom. The van der Waals surface area contributed by atoms with Gasteiger partial charge in [-0.05, 0) is 63.5 Å². The van der Waals surface area contributed by atoms with Crippen molar-refractivity contribution in [3.05, 3.63) is 139 Å². The van der Waals surface area contributed by atoms with Crippen LogP contribution in [0.2, 0.25) is 19.6 Å². The zero-order valence-electron chi connectivity index (χ0n) is 31.0. The Bertz CT molecular complexity index is 2230. The van der Waals surface area contributed by atoms with Crippen LogP contribution in [0.25, 0.3) is 55.6 Å². The summed E-state index contributed by atoms with van der Waals surface area (Å²) in [7, 11) is -1.36. The molecule has 0 N–H and O–H groups in total. The molecule has 1 radical (unpaired) electrons. The smallest absolute Gasteiger partial charge is 0.124 e. The first-order valence-electron chi connectivity index (χ1n) is 18.6. The molecule has 0 unspecified atom stereocenters. The number of benzene rings is 4. The standard InChI is InChI=1S/C26H20NO.C21H28NSi.Ir/c1-17(2)19-13-14-27-23(15-19)20-11-12-22-25(16-20)28-24-10-6-9-21(26(22)24)18-7-4-3-5-8-18;1-23(2,3)21-16-22-20(18-12-8-5-9-13-18)15-19(21)14-17-10-6-4-7-11-17;/h3-15,17H,1-2H3;5,8-9,12,15-17H,4,6-7,10-11,14H2,1-3H3;/q2*-1;. The molecule has 1 fully saturated rings. The fraction of sp³-hybridized carbons (Fsp3) is 0.277. The number of pyridine rings is 2. The van der Waals surface area contributed by atoms with Crippen molar-refractivity contribution in [1.82, 2.24) is 9.97 Å². The van der Waals surface area contributed by atoms with Crippen LogP contribution in [0.3, 0.4) is 0 Å². The first-order valence-corrected chi connectivity index (χ1v) is 22.1. The molecule has 0 amide bonds. The van der Waals surface area contributed by atoms with Crippen molar-refractivity contribution in [1.29, 1.82) is 0 Å². The number of fused-ring (bicyclic) bond motifs is 3. The van der Waals surface area contributed by atoms with Crippen LogP contribution in [0.5, 0.6) is 0 Å². The fourth-order valence-corrected chi connectivity index (χ4v) is 9.05. The predicted molar refractivity (Wildman–Crippen MR) is 217 cm³/mol. The molecule has 1 aliphatic rings. The summed E-state index contributed by atoms with van der Waals surface area (Å²) in [5, 5.41) is 3.76. The zero-order chi connectivity index (χ0) is 35.4. The number of aromatic nitrogens is 2. The van der Waals surface area contributed by atoms with Crippen LogP contribution in [0.4, 0.5) is 0 Å². The van der Waals surface area contributed by atoms with Crippen LogP contribution in [0, 0.1) is 18.1 Å². The molecule has 4 aromatic carbocycles. The summed E-state index contributed by atoms with van der Waals surface area (Å²) in [6.45, 7) is 11.7. The molecule has 3 aromatic heterocycles. The van der Waals surface area contributed by atoms with Gasteiger partial charge in [-0.15, -0.1) is 53.6 Å². The van der Waals surface area contributed by atoms with Crippen molar-refractivity contribution in [2.75, 3.05) is 0 Å². The van der Waals surface area contributed by atoms with Crippen molar-refractivity contribution >= 4 is 35.2 Å². The largest absolute Gasteiger partial charge is 0.477 e. The van der Waals surface area contributed by atoms with Gasteiger partial charge in [-0.3, -0.25) is 0 Å². The fourth-order valence-electron chi connectivity index (χ4n) is 7.46. The number of nitrogens with zero attached hydrogens (tertiary/aromatic N) is 2. The molecule has 0 spiro atoms. The molecule has 3 nitrogen and oxygen atoms in total. The topological polar surface area (TPSA) is 38.9 Å². The zero-order valence-corrected chi connectivity index (χ0v) is 34.4. The van der Waals surface area contributed by atoms with Gasteiger partial charge in [-0.2, -0.15) is 0 Å². The number of hydrogen-bond acceptors (Lipinski definition) is 3. The van der Waals surface area contributed by atoms with E-state index in [1.807, 2.05) is 36.5 Å². The molecule has 3 heterocycles. The summed E-state index contributed by atoms with van der Waals surface area (Å²) in [6, 6.07) is 42.4. The number of furan rings is 1. The first kappa shape index (κ1) is 37.6. The van der Waals surface area contributed by atoms with Crippen molar-refractivity contribution in [3.8, 4) is 33.6 Å². The van der Waals surface area contributed by atoms with Crippen molar-refractivity contribution in [3.63, 3.8) is 0 Å². The summed E-state index contributed by atoms with van der Waals surface area (Å²) in [4.78, 5) is 9.32. The van der Waals surface area contributed by atoms with Crippen LogP contribution < -0.4 is 5.19 Å². The molecule has 0 bridgehead atoms. The Morgan fingerprint density at radius 3 is 2.29 bits per heavy atom. The monoisotopic (exact) mass is 877 g/mol. The summed E-state index contributed by atoms with van der Waals surface area (Å²) in [5.74, 6) is 1.33. The second-order valence-corrected chi connectivity index (χ2v) is 20.4. The van der Waals surface area contributed by atoms with Gasteiger partial charge in [0.2, 0.25) is 0 Å². The maximum Gasteiger partial charge on any atom is 0.124 e. The average molecular weight is 877 g/mol. The Labute approximate surface area is 324 Å². The van der Waals surface area contributed by atoms with Gasteiger partial charge in [0.15, 0.2) is 0 Å². The van der Waals surface area contributed by atoms with Crippen molar-refractivity contribution in [2.24, 2.45) is 5.92 Å². The van der Waals surface area contributed by atoms with E-state index < -0.39 is 8.07 Å². The van der Waals surface area contributed by atoms with Crippen molar-refractivity contribution < 1.29 is 24.5 Å². The Balaban J connectivity index is 0.000000179. The normalized spacial score (nSPS) is 13.5. The SMILES string of the molecule is CC(C)c1ccnc(-c2[c-]c3oc4cccc(-c5ccccc5)c4c3cc2)c1.C[Si](C)(C)c1cnc(-c2[c-]cccc2)cc1CC1CCCCC1.[Ir]. The third kappa shape index (κ3) is 8.55. The molecule has 8 rings (SSSR count). The molecule has 7 aromatic rings. The van der Waals surface area contributed by atoms with E-state index in [4.69, 9.17) is 9.40 Å². The van der Waals surface area contributed by atoms with Crippen LogP contribution in [-0.2, 0) is 26.5 Å². The molecule has 1 aliphatic carbocycles. The van der Waals surface area contributed by atoms with Crippen molar-refractivity contribution in [2.45, 2.75) is 77.9 Å². The molecule has 1 saturated carbocycles. The average Bonchev–Trinajstić information content (AvgIpc) is 3.54. The third-order valence-electron chi connectivity index (χ3n) is 10.2. The van der Waals surface area contributed by atoms with E-state index in [0.29, 0.717) is 5.92 Å². The predicted octanol–water partition coefficient (Wildman–Crippen LogP) is 12.5. The van der Waals surface area contributed by atoms with Gasteiger partial charge in [-0.25, -0.2) is 0 Å². The molecule has 5 heteroatoms. The van der Waals surface area contributed by atoms with Gasteiger partial charge in [-0.1, -0.05) is 143 Å².